The molecule has 1 unspecified atom stereocenters. The third kappa shape index (κ3) is 3.31. The molecule has 1 amide bonds. The molecule has 0 aromatic heterocycles. The van der Waals surface area contributed by atoms with Crippen molar-refractivity contribution in [1.82, 2.24) is 0 Å². The number of para-hydroxylation sites is 1. The Morgan fingerprint density at radius 1 is 1.62 bits per heavy atom. The molecule has 0 spiro atoms. The first-order valence-electron chi connectivity index (χ1n) is 4.92. The number of rotatable bonds is 5. The molecule has 3 N–H and O–H groups in total. The minimum atomic E-state index is -0.346. The summed E-state index contributed by atoms with van der Waals surface area (Å²) in [7, 11) is 1.55. The fraction of sp³-hybridized carbons (Fsp3) is 0.364. The van der Waals surface area contributed by atoms with Gasteiger partial charge < -0.3 is 15.8 Å². The molecule has 5 heteroatoms. The van der Waals surface area contributed by atoms with Crippen molar-refractivity contribution in [3.05, 3.63) is 23.2 Å². The normalized spacial score (nSPS) is 11.9. The van der Waals surface area contributed by atoms with E-state index in [0.717, 1.165) is 5.69 Å². The SMILES string of the molecule is COc1c(Cl)cccc1NC(C)CC(N)=O. The number of carbonyl (C=O) groups excluding carboxylic acids is 1. The lowest BCUT2D eigenvalue weighted by Crippen LogP contribution is -2.24. The minimum absolute atomic E-state index is 0.0649. The van der Waals surface area contributed by atoms with E-state index in [0.29, 0.717) is 10.8 Å². The van der Waals surface area contributed by atoms with Crippen molar-refractivity contribution in [3.63, 3.8) is 0 Å². The number of hydrogen-bond donors (Lipinski definition) is 2. The van der Waals surface area contributed by atoms with Crippen LogP contribution in [-0.4, -0.2) is 19.1 Å². The van der Waals surface area contributed by atoms with Gasteiger partial charge in [-0.2, -0.15) is 0 Å². The Morgan fingerprint density at radius 2 is 2.31 bits per heavy atom. The summed E-state index contributed by atoms with van der Waals surface area (Å²) < 4.78 is 5.17. The Bertz CT molecular complexity index is 382. The first kappa shape index (κ1) is 12.6. The monoisotopic (exact) mass is 242 g/mol. The number of amides is 1. The average Bonchev–Trinajstić information content (AvgIpc) is 2.16. The van der Waals surface area contributed by atoms with E-state index in [1.54, 1.807) is 13.2 Å². The predicted molar refractivity (Wildman–Crippen MR) is 64.9 cm³/mol. The Morgan fingerprint density at radius 3 is 2.88 bits per heavy atom. The van der Waals surface area contributed by atoms with Crippen molar-refractivity contribution in [3.8, 4) is 5.75 Å². The summed E-state index contributed by atoms with van der Waals surface area (Å²) in [6.45, 7) is 1.87. The van der Waals surface area contributed by atoms with Crippen LogP contribution in [0.15, 0.2) is 18.2 Å². The molecule has 0 heterocycles. The second-order valence-electron chi connectivity index (χ2n) is 3.54. The van der Waals surface area contributed by atoms with E-state index in [1.807, 2.05) is 19.1 Å². The second kappa shape index (κ2) is 5.61. The highest BCUT2D eigenvalue weighted by molar-refractivity contribution is 6.32. The molecule has 0 saturated carbocycles. The fourth-order valence-electron chi connectivity index (χ4n) is 1.45. The van der Waals surface area contributed by atoms with Gasteiger partial charge in [-0.05, 0) is 19.1 Å². The Kier molecular flexibility index (Phi) is 4.43. The molecule has 0 radical (unpaired) electrons. The number of nitrogens with one attached hydrogen (secondary N) is 1. The maximum absolute atomic E-state index is 10.7. The van der Waals surface area contributed by atoms with Crippen molar-refractivity contribution < 1.29 is 9.53 Å². The first-order valence-corrected chi connectivity index (χ1v) is 5.29. The zero-order valence-corrected chi connectivity index (χ0v) is 10.0. The number of anilines is 1. The molecule has 1 aromatic carbocycles. The summed E-state index contributed by atoms with van der Waals surface area (Å²) in [6.07, 6.45) is 0.260. The van der Waals surface area contributed by atoms with Crippen LogP contribution < -0.4 is 15.8 Å². The standard InChI is InChI=1S/C11H15ClN2O2/c1-7(6-10(13)15)14-9-5-3-4-8(12)11(9)16-2/h3-5,7,14H,6H2,1-2H3,(H2,13,15). The van der Waals surface area contributed by atoms with Gasteiger partial charge in [0.05, 0.1) is 17.8 Å². The summed E-state index contributed by atoms with van der Waals surface area (Å²) in [4.78, 5) is 10.7. The highest BCUT2D eigenvalue weighted by Gasteiger charge is 2.11. The van der Waals surface area contributed by atoms with Crippen molar-refractivity contribution in [2.24, 2.45) is 5.73 Å². The molecule has 0 bridgehead atoms. The number of methoxy groups -OCH3 is 1. The summed E-state index contributed by atoms with van der Waals surface area (Å²) >= 11 is 5.96. The van der Waals surface area contributed by atoms with Crippen LogP contribution in [0.1, 0.15) is 13.3 Å². The zero-order chi connectivity index (χ0) is 12.1. The van der Waals surface area contributed by atoms with Gasteiger partial charge in [-0.1, -0.05) is 17.7 Å². The number of hydrogen-bond acceptors (Lipinski definition) is 3. The lowest BCUT2D eigenvalue weighted by molar-refractivity contribution is -0.118. The summed E-state index contributed by atoms with van der Waals surface area (Å²) in [5.74, 6) is 0.224. The van der Waals surface area contributed by atoms with Gasteiger partial charge in [0, 0.05) is 12.5 Å². The van der Waals surface area contributed by atoms with Crippen molar-refractivity contribution in [1.29, 1.82) is 0 Å². The van der Waals surface area contributed by atoms with Crippen LogP contribution >= 0.6 is 11.6 Å². The van der Waals surface area contributed by atoms with Crippen LogP contribution in [0, 0.1) is 0 Å². The Balaban J connectivity index is 2.80. The maximum atomic E-state index is 10.7. The van der Waals surface area contributed by atoms with Gasteiger partial charge in [0.2, 0.25) is 5.91 Å². The number of primary amides is 1. The van der Waals surface area contributed by atoms with Crippen LogP contribution in [0.3, 0.4) is 0 Å². The number of carbonyl (C=O) groups is 1. The molecule has 1 atom stereocenters. The first-order chi connectivity index (χ1) is 7.54. The van der Waals surface area contributed by atoms with Gasteiger partial charge in [0.25, 0.3) is 0 Å². The van der Waals surface area contributed by atoms with Crippen LogP contribution in [0.4, 0.5) is 5.69 Å². The van der Waals surface area contributed by atoms with Crippen LogP contribution in [0.25, 0.3) is 0 Å². The molecular weight excluding hydrogens is 228 g/mol. The van der Waals surface area contributed by atoms with Gasteiger partial charge in [0.1, 0.15) is 0 Å². The van der Waals surface area contributed by atoms with E-state index < -0.39 is 0 Å². The lowest BCUT2D eigenvalue weighted by atomic mass is 10.2. The summed E-state index contributed by atoms with van der Waals surface area (Å²) in [5.41, 5.74) is 5.86. The van der Waals surface area contributed by atoms with Crippen LogP contribution in [0.5, 0.6) is 5.75 Å². The van der Waals surface area contributed by atoms with E-state index in [1.165, 1.54) is 0 Å². The van der Waals surface area contributed by atoms with E-state index in [2.05, 4.69) is 5.32 Å². The van der Waals surface area contributed by atoms with Gasteiger partial charge >= 0.3 is 0 Å². The minimum Gasteiger partial charge on any atom is -0.493 e. The van der Waals surface area contributed by atoms with Crippen LogP contribution in [-0.2, 0) is 4.79 Å². The highest BCUT2D eigenvalue weighted by Crippen LogP contribution is 2.32. The van der Waals surface area contributed by atoms with Gasteiger partial charge in [0.15, 0.2) is 5.75 Å². The fourth-order valence-corrected chi connectivity index (χ4v) is 1.70. The number of halogens is 1. The van der Waals surface area contributed by atoms with E-state index in [4.69, 9.17) is 22.1 Å². The van der Waals surface area contributed by atoms with Gasteiger partial charge in [-0.3, -0.25) is 4.79 Å². The van der Waals surface area contributed by atoms with E-state index in [9.17, 15) is 4.79 Å². The number of benzene rings is 1. The van der Waals surface area contributed by atoms with Crippen LogP contribution in [0.2, 0.25) is 5.02 Å². The van der Waals surface area contributed by atoms with Gasteiger partial charge in [-0.15, -0.1) is 0 Å². The molecule has 0 aliphatic carbocycles. The molecule has 4 nitrogen and oxygen atoms in total. The highest BCUT2D eigenvalue weighted by atomic mass is 35.5. The predicted octanol–water partition coefficient (Wildman–Crippen LogP) is 2.02. The molecule has 1 rings (SSSR count). The molecule has 1 aromatic rings. The largest absolute Gasteiger partial charge is 0.493 e. The zero-order valence-electron chi connectivity index (χ0n) is 9.29. The van der Waals surface area contributed by atoms with E-state index >= 15 is 0 Å². The topological polar surface area (TPSA) is 64.3 Å². The number of nitrogens with two attached hydrogens (primary N) is 1. The summed E-state index contributed by atoms with van der Waals surface area (Å²) in [5, 5.41) is 3.65. The number of ether oxygens (including phenoxy) is 1. The Hall–Kier alpha value is -1.42. The maximum Gasteiger partial charge on any atom is 0.219 e. The van der Waals surface area contributed by atoms with E-state index in [-0.39, 0.29) is 18.4 Å². The Labute approximate surface area is 99.7 Å². The molecule has 0 saturated heterocycles. The lowest BCUT2D eigenvalue weighted by Gasteiger charge is -2.16. The molecule has 0 aliphatic rings. The van der Waals surface area contributed by atoms with Crippen molar-refractivity contribution in [2.75, 3.05) is 12.4 Å². The molecule has 16 heavy (non-hydrogen) atoms. The molecule has 0 aliphatic heterocycles. The smallest absolute Gasteiger partial charge is 0.219 e. The third-order valence-electron chi connectivity index (χ3n) is 2.08. The molecule has 0 fully saturated rings. The summed E-state index contributed by atoms with van der Waals surface area (Å²) in [6, 6.07) is 5.32. The van der Waals surface area contributed by atoms with Crippen molar-refractivity contribution >= 4 is 23.2 Å². The molecular formula is C11H15ClN2O2. The second-order valence-corrected chi connectivity index (χ2v) is 3.94. The van der Waals surface area contributed by atoms with Crippen molar-refractivity contribution in [2.45, 2.75) is 19.4 Å². The third-order valence-corrected chi connectivity index (χ3v) is 2.38. The molecule has 88 valence electrons. The average molecular weight is 243 g/mol. The van der Waals surface area contributed by atoms with Gasteiger partial charge in [-0.25, -0.2) is 0 Å². The quantitative estimate of drug-likeness (QED) is 0.830.